The minimum Gasteiger partial charge on any atom is -0.462 e. The smallest absolute Gasteiger partial charge is 0.305 e. The quantitative estimate of drug-likeness (QED) is 0.665. The molecular formula is C22H34O3. The van der Waals surface area contributed by atoms with Crippen LogP contribution in [-0.4, -0.2) is 17.8 Å². The Kier molecular flexibility index (Phi) is 3.47. The van der Waals surface area contributed by atoms with E-state index in [4.69, 9.17) is 8.85 Å². The molecule has 0 amide bonds. The molecule has 7 atom stereocenters. The molecule has 0 aliphatic heterocycles. The van der Waals surface area contributed by atoms with Crippen molar-refractivity contribution in [1.82, 2.24) is 0 Å². The van der Waals surface area contributed by atoms with E-state index in [-0.39, 0.29) is 17.8 Å². The van der Waals surface area contributed by atoms with Crippen molar-refractivity contribution in [2.75, 3.05) is 0 Å². The van der Waals surface area contributed by atoms with Crippen LogP contribution >= 0.6 is 0 Å². The Morgan fingerprint density at radius 3 is 2.72 bits per heavy atom. The summed E-state index contributed by atoms with van der Waals surface area (Å²) >= 11 is 0. The number of ketones is 1. The Labute approximate surface area is 156 Å². The van der Waals surface area contributed by atoms with Gasteiger partial charge in [0.15, 0.2) is 0 Å². The molecule has 0 saturated heterocycles. The SMILES string of the molecule is [2H]C1([2H])C[C@H]2[C@@H]3CC[C@H]4CC(=O)CC[C@]4(C)[C@H]3CC[C@]2(C)[C@@]1([2H])OC(=O)CC. The molecule has 140 valence electrons. The zero-order chi connectivity index (χ0) is 20.5. The molecule has 0 N–H and O–H groups in total. The molecule has 0 aromatic heterocycles. The number of carbonyl (C=O) groups is 2. The van der Waals surface area contributed by atoms with Gasteiger partial charge in [-0.3, -0.25) is 9.59 Å². The van der Waals surface area contributed by atoms with E-state index in [1.165, 1.54) is 0 Å². The summed E-state index contributed by atoms with van der Waals surface area (Å²) in [7, 11) is 0. The van der Waals surface area contributed by atoms with Gasteiger partial charge in [0.05, 0.1) is 1.37 Å². The van der Waals surface area contributed by atoms with Gasteiger partial charge in [0.1, 0.15) is 11.9 Å². The van der Waals surface area contributed by atoms with E-state index in [1.54, 1.807) is 6.92 Å². The largest absolute Gasteiger partial charge is 0.462 e. The molecule has 0 heterocycles. The van der Waals surface area contributed by atoms with Crippen LogP contribution in [0.25, 0.3) is 0 Å². The minimum absolute atomic E-state index is 0.0545. The summed E-state index contributed by atoms with van der Waals surface area (Å²) in [4.78, 5) is 24.1. The number of fused-ring (bicyclic) bond motifs is 5. The highest BCUT2D eigenvalue weighted by molar-refractivity contribution is 5.79. The van der Waals surface area contributed by atoms with Gasteiger partial charge in [-0.15, -0.1) is 0 Å². The molecule has 0 unspecified atom stereocenters. The average molecular weight is 350 g/mol. The van der Waals surface area contributed by atoms with Crippen LogP contribution in [0.15, 0.2) is 0 Å². The number of carbonyl (C=O) groups excluding carboxylic acids is 2. The number of ether oxygens (including phenoxy) is 1. The molecular weight excluding hydrogens is 312 g/mol. The Balaban J connectivity index is 1.68. The second kappa shape index (κ2) is 6.09. The lowest BCUT2D eigenvalue weighted by Gasteiger charge is -2.60. The van der Waals surface area contributed by atoms with Crippen molar-refractivity contribution >= 4 is 11.8 Å². The van der Waals surface area contributed by atoms with Gasteiger partial charge >= 0.3 is 5.97 Å². The third-order valence-electron chi connectivity index (χ3n) is 8.38. The molecule has 4 saturated carbocycles. The summed E-state index contributed by atoms with van der Waals surface area (Å²) in [6.07, 6.45) is 2.83. The highest BCUT2D eigenvalue weighted by Crippen LogP contribution is 2.66. The van der Waals surface area contributed by atoms with Gasteiger partial charge in [-0.25, -0.2) is 0 Å². The van der Waals surface area contributed by atoms with Crippen LogP contribution in [0, 0.1) is 34.5 Å². The van der Waals surface area contributed by atoms with Gasteiger partial charge in [-0.2, -0.15) is 0 Å². The number of hydrogen-bond acceptors (Lipinski definition) is 3. The van der Waals surface area contributed by atoms with Gasteiger partial charge in [-0.1, -0.05) is 20.8 Å². The van der Waals surface area contributed by atoms with Crippen LogP contribution in [0.1, 0.15) is 89.0 Å². The predicted molar refractivity (Wildman–Crippen MR) is 96.9 cm³/mol. The number of Topliss-reactive ketones (excluding diaryl/α,β-unsaturated/α-hetero) is 1. The van der Waals surface area contributed by atoms with Crippen LogP contribution in [0.2, 0.25) is 0 Å². The monoisotopic (exact) mass is 349 g/mol. The lowest BCUT2D eigenvalue weighted by atomic mass is 9.45. The highest BCUT2D eigenvalue weighted by atomic mass is 16.5. The molecule has 0 bridgehead atoms. The van der Waals surface area contributed by atoms with Crippen LogP contribution in [-0.2, 0) is 14.3 Å². The molecule has 4 aliphatic rings. The summed E-state index contributed by atoms with van der Waals surface area (Å²) in [6, 6.07) is 0. The van der Waals surface area contributed by atoms with Crippen LogP contribution in [0.3, 0.4) is 0 Å². The summed E-state index contributed by atoms with van der Waals surface area (Å²) in [5.41, 5.74) is -0.506. The maximum Gasteiger partial charge on any atom is 0.305 e. The molecule has 0 spiro atoms. The predicted octanol–water partition coefficient (Wildman–Crippen LogP) is 4.92. The van der Waals surface area contributed by atoms with Gasteiger partial charge in [-0.05, 0) is 74.0 Å². The van der Waals surface area contributed by atoms with Crippen molar-refractivity contribution in [3.63, 3.8) is 0 Å². The zero-order valence-corrected chi connectivity index (χ0v) is 15.9. The Hall–Kier alpha value is -0.860. The molecule has 4 rings (SSSR count). The molecule has 4 fully saturated rings. The van der Waals surface area contributed by atoms with Gasteiger partial charge in [0, 0.05) is 27.4 Å². The second-order valence-corrected chi connectivity index (χ2v) is 9.39. The first-order chi connectivity index (χ1) is 13.0. The maximum absolute atomic E-state index is 12.1. The minimum atomic E-state index is -1.84. The van der Waals surface area contributed by atoms with Crippen LogP contribution in [0.5, 0.6) is 0 Å². The summed E-state index contributed by atoms with van der Waals surface area (Å²) in [5, 5.41) is 0. The normalized spacial score (nSPS) is 55.8. The van der Waals surface area contributed by atoms with Crippen molar-refractivity contribution in [2.24, 2.45) is 34.5 Å². The van der Waals surface area contributed by atoms with Gasteiger partial charge in [0.2, 0.25) is 0 Å². The number of rotatable bonds is 2. The second-order valence-electron chi connectivity index (χ2n) is 9.39. The topological polar surface area (TPSA) is 43.4 Å². The number of hydrogen-bond donors (Lipinski definition) is 0. The number of esters is 1. The maximum atomic E-state index is 12.1. The molecule has 4 aliphatic carbocycles. The summed E-state index contributed by atoms with van der Waals surface area (Å²) < 4.78 is 31.9. The van der Waals surface area contributed by atoms with Gasteiger partial charge in [0.25, 0.3) is 0 Å². The van der Waals surface area contributed by atoms with Gasteiger partial charge < -0.3 is 4.74 Å². The van der Waals surface area contributed by atoms with Crippen LogP contribution < -0.4 is 0 Å². The zero-order valence-electron chi connectivity index (χ0n) is 18.9. The van der Waals surface area contributed by atoms with E-state index in [0.29, 0.717) is 42.8 Å². The summed E-state index contributed by atoms with van der Waals surface area (Å²) in [6.45, 7) is 6.05. The Bertz CT molecular complexity index is 695. The molecule has 3 nitrogen and oxygen atoms in total. The average Bonchev–Trinajstić information content (AvgIpc) is 2.79. The molecule has 0 aromatic carbocycles. The fraction of sp³-hybridized carbons (Fsp3) is 0.909. The highest BCUT2D eigenvalue weighted by Gasteiger charge is 2.61. The summed E-state index contributed by atoms with van der Waals surface area (Å²) in [5.74, 6) is 1.27. The van der Waals surface area contributed by atoms with E-state index in [0.717, 1.165) is 32.1 Å². The standard InChI is InChI=1S/C22H34O3/c1-4-20(24)25-19-8-7-17-16-6-5-14-13-15(23)9-11-21(14,2)18(16)10-12-22(17,19)3/h14,16-19H,4-13H2,1-3H3/t14-,16-,17-,18-,19-,21-,22-/m0/s1/i8D2,19D. The van der Waals surface area contributed by atoms with E-state index in [1.807, 2.05) is 6.92 Å². The Morgan fingerprint density at radius 2 is 1.96 bits per heavy atom. The van der Waals surface area contributed by atoms with Crippen molar-refractivity contribution in [3.05, 3.63) is 0 Å². The van der Waals surface area contributed by atoms with Crippen molar-refractivity contribution in [1.29, 1.82) is 0 Å². The third kappa shape index (κ3) is 2.59. The van der Waals surface area contributed by atoms with E-state index >= 15 is 0 Å². The van der Waals surface area contributed by atoms with E-state index in [2.05, 4.69) is 6.92 Å². The van der Waals surface area contributed by atoms with Crippen LogP contribution in [0.4, 0.5) is 0 Å². The first-order valence-electron chi connectivity index (χ1n) is 11.7. The third-order valence-corrected chi connectivity index (χ3v) is 8.38. The van der Waals surface area contributed by atoms with Crippen molar-refractivity contribution in [2.45, 2.75) is 91.0 Å². The lowest BCUT2D eigenvalue weighted by molar-refractivity contribution is -0.163. The first kappa shape index (κ1) is 14.2. The van der Waals surface area contributed by atoms with Crippen molar-refractivity contribution < 1.29 is 18.4 Å². The van der Waals surface area contributed by atoms with E-state index in [9.17, 15) is 9.59 Å². The van der Waals surface area contributed by atoms with Crippen molar-refractivity contribution in [3.8, 4) is 0 Å². The van der Waals surface area contributed by atoms with E-state index < -0.39 is 23.8 Å². The fourth-order valence-corrected chi connectivity index (χ4v) is 6.77. The molecule has 0 aromatic rings. The first-order valence-corrected chi connectivity index (χ1v) is 10.2. The fourth-order valence-electron chi connectivity index (χ4n) is 6.77. The molecule has 0 radical (unpaired) electrons. The molecule has 25 heavy (non-hydrogen) atoms. The lowest BCUT2D eigenvalue weighted by Crippen LogP contribution is -2.54. The molecule has 3 heteroatoms. The Morgan fingerprint density at radius 1 is 1.20 bits per heavy atom.